The molecule has 3 nitrogen and oxygen atoms in total. The Morgan fingerprint density at radius 1 is 1.50 bits per heavy atom. The van der Waals surface area contributed by atoms with Gasteiger partial charge in [-0.1, -0.05) is 13.8 Å². The normalized spacial score (nSPS) is 19.1. The van der Waals surface area contributed by atoms with E-state index in [0.29, 0.717) is 0 Å². The molecule has 0 atom stereocenters. The summed E-state index contributed by atoms with van der Waals surface area (Å²) in [6.07, 6.45) is 3.45. The van der Waals surface area contributed by atoms with Crippen molar-refractivity contribution in [2.24, 2.45) is 10.8 Å². The molecule has 1 aliphatic carbocycles. The number of hydrogen-bond acceptors (Lipinski definition) is 3. The molecule has 0 amide bonds. The average molecular weight is 200 g/mol. The van der Waals surface area contributed by atoms with Gasteiger partial charge in [0.1, 0.15) is 0 Å². The second kappa shape index (κ2) is 3.89. The first-order chi connectivity index (χ1) is 6.46. The zero-order valence-corrected chi connectivity index (χ0v) is 9.30. The Bertz CT molecular complexity index is 217. The lowest BCUT2D eigenvalue weighted by atomic mass is 9.78. The summed E-state index contributed by atoms with van der Waals surface area (Å²) in [5.41, 5.74) is -0.202. The molecule has 0 saturated heterocycles. The van der Waals surface area contributed by atoms with E-state index in [-0.39, 0.29) is 23.4 Å². The summed E-state index contributed by atoms with van der Waals surface area (Å²) >= 11 is 0. The summed E-state index contributed by atoms with van der Waals surface area (Å²) in [5.74, 6) is -0.0801. The zero-order chi connectivity index (χ0) is 10.8. The highest BCUT2D eigenvalue weighted by Gasteiger charge is 2.53. The molecule has 1 fully saturated rings. The highest BCUT2D eigenvalue weighted by atomic mass is 16.5. The van der Waals surface area contributed by atoms with Crippen molar-refractivity contribution in [3.05, 3.63) is 0 Å². The fourth-order valence-electron chi connectivity index (χ4n) is 2.13. The van der Waals surface area contributed by atoms with Crippen molar-refractivity contribution in [1.29, 1.82) is 0 Å². The minimum atomic E-state index is -0.229. The Kier molecular flexibility index (Phi) is 3.20. The van der Waals surface area contributed by atoms with Crippen molar-refractivity contribution < 1.29 is 14.6 Å². The summed E-state index contributed by atoms with van der Waals surface area (Å²) in [5, 5.41) is 8.90. The van der Waals surface area contributed by atoms with Crippen LogP contribution in [0.25, 0.3) is 0 Å². The van der Waals surface area contributed by atoms with E-state index in [1.807, 2.05) is 0 Å². The lowest BCUT2D eigenvalue weighted by Gasteiger charge is -2.27. The summed E-state index contributed by atoms with van der Waals surface area (Å²) in [7, 11) is 1.45. The summed E-state index contributed by atoms with van der Waals surface area (Å²) in [4.78, 5) is 11.5. The number of aliphatic hydroxyl groups excluding tert-OH is 1. The Hall–Kier alpha value is -0.570. The van der Waals surface area contributed by atoms with Crippen molar-refractivity contribution in [3.63, 3.8) is 0 Å². The Balaban J connectivity index is 2.55. The van der Waals surface area contributed by atoms with E-state index in [1.54, 1.807) is 0 Å². The van der Waals surface area contributed by atoms with Gasteiger partial charge in [-0.25, -0.2) is 0 Å². The number of carbonyl (C=O) groups excluding carboxylic acids is 1. The number of methoxy groups -OCH3 is 1. The van der Waals surface area contributed by atoms with Gasteiger partial charge in [-0.2, -0.15) is 0 Å². The Morgan fingerprint density at radius 2 is 2.07 bits per heavy atom. The molecule has 0 heterocycles. The van der Waals surface area contributed by atoms with Gasteiger partial charge in [-0.15, -0.1) is 0 Å². The predicted molar refractivity (Wildman–Crippen MR) is 53.8 cm³/mol. The van der Waals surface area contributed by atoms with Crippen LogP contribution in [0.2, 0.25) is 0 Å². The molecule has 1 aliphatic rings. The molecular formula is C11H20O3. The maximum atomic E-state index is 11.5. The second-order valence-corrected chi connectivity index (χ2v) is 5.09. The topological polar surface area (TPSA) is 46.5 Å². The molecule has 0 aromatic heterocycles. The molecule has 1 saturated carbocycles. The summed E-state index contributed by atoms with van der Waals surface area (Å²) in [6, 6.07) is 0. The number of aliphatic hydroxyl groups is 1. The second-order valence-electron chi connectivity index (χ2n) is 5.09. The van der Waals surface area contributed by atoms with Crippen LogP contribution in [-0.2, 0) is 9.53 Å². The molecule has 14 heavy (non-hydrogen) atoms. The number of hydrogen-bond donors (Lipinski definition) is 1. The minimum absolute atomic E-state index is 0.0272. The van der Waals surface area contributed by atoms with E-state index in [0.717, 1.165) is 25.7 Å². The third kappa shape index (κ3) is 2.47. The zero-order valence-electron chi connectivity index (χ0n) is 9.30. The van der Waals surface area contributed by atoms with Crippen molar-refractivity contribution in [1.82, 2.24) is 0 Å². The van der Waals surface area contributed by atoms with Gasteiger partial charge in [0.2, 0.25) is 0 Å². The molecule has 0 bridgehead atoms. The molecule has 0 aromatic carbocycles. The highest BCUT2D eigenvalue weighted by Crippen LogP contribution is 2.54. The van der Waals surface area contributed by atoms with Gasteiger partial charge in [0.25, 0.3) is 0 Å². The van der Waals surface area contributed by atoms with Crippen LogP contribution in [0.15, 0.2) is 0 Å². The first kappa shape index (κ1) is 11.5. The van der Waals surface area contributed by atoms with Crippen LogP contribution in [0.1, 0.15) is 39.5 Å². The highest BCUT2D eigenvalue weighted by molar-refractivity contribution is 5.79. The number of rotatable bonds is 5. The lowest BCUT2D eigenvalue weighted by Crippen LogP contribution is -2.26. The van der Waals surface area contributed by atoms with Gasteiger partial charge < -0.3 is 9.84 Å². The van der Waals surface area contributed by atoms with Gasteiger partial charge >= 0.3 is 5.97 Å². The lowest BCUT2D eigenvalue weighted by molar-refractivity contribution is -0.148. The Labute approximate surface area is 85.5 Å². The van der Waals surface area contributed by atoms with Crippen molar-refractivity contribution >= 4 is 5.97 Å². The molecule has 1 N–H and O–H groups in total. The molecule has 0 aliphatic heterocycles. The van der Waals surface area contributed by atoms with Crippen molar-refractivity contribution in [2.45, 2.75) is 39.5 Å². The van der Waals surface area contributed by atoms with Crippen LogP contribution in [0, 0.1) is 10.8 Å². The van der Waals surface area contributed by atoms with Crippen LogP contribution in [0.3, 0.4) is 0 Å². The molecule has 3 heteroatoms. The van der Waals surface area contributed by atoms with Crippen LogP contribution < -0.4 is 0 Å². The van der Waals surface area contributed by atoms with Crippen LogP contribution in [-0.4, -0.2) is 24.8 Å². The molecule has 1 rings (SSSR count). The summed E-state index contributed by atoms with van der Waals surface area (Å²) < 4.78 is 4.80. The molecular weight excluding hydrogens is 180 g/mol. The number of esters is 1. The van der Waals surface area contributed by atoms with Gasteiger partial charge in [-0.05, 0) is 31.1 Å². The standard InChI is InChI=1S/C11H20O3/c1-10(2,6-7-12)8-11(4-5-11)9(13)14-3/h12H,4-8H2,1-3H3. The monoisotopic (exact) mass is 200 g/mol. The smallest absolute Gasteiger partial charge is 0.311 e. The molecule has 0 spiro atoms. The van der Waals surface area contributed by atoms with Gasteiger partial charge in [0, 0.05) is 6.61 Å². The average Bonchev–Trinajstić information content (AvgIpc) is 2.83. The maximum Gasteiger partial charge on any atom is 0.311 e. The fraction of sp³-hybridized carbons (Fsp3) is 0.909. The van der Waals surface area contributed by atoms with E-state index in [9.17, 15) is 4.79 Å². The molecule has 0 aromatic rings. The van der Waals surface area contributed by atoms with E-state index >= 15 is 0 Å². The fourth-order valence-corrected chi connectivity index (χ4v) is 2.13. The van der Waals surface area contributed by atoms with Gasteiger partial charge in [-0.3, -0.25) is 4.79 Å². The van der Waals surface area contributed by atoms with Crippen molar-refractivity contribution in [3.8, 4) is 0 Å². The minimum Gasteiger partial charge on any atom is -0.469 e. The number of ether oxygens (including phenoxy) is 1. The van der Waals surface area contributed by atoms with Crippen LogP contribution in [0.5, 0.6) is 0 Å². The van der Waals surface area contributed by atoms with Crippen molar-refractivity contribution in [2.75, 3.05) is 13.7 Å². The van der Waals surface area contributed by atoms with E-state index < -0.39 is 0 Å². The predicted octanol–water partition coefficient (Wildman–Crippen LogP) is 1.74. The SMILES string of the molecule is COC(=O)C1(CC(C)(C)CCO)CC1. The van der Waals surface area contributed by atoms with Crippen LogP contribution >= 0.6 is 0 Å². The Morgan fingerprint density at radius 3 is 2.43 bits per heavy atom. The third-order valence-electron chi connectivity index (χ3n) is 3.08. The van der Waals surface area contributed by atoms with Crippen LogP contribution in [0.4, 0.5) is 0 Å². The molecule has 0 unspecified atom stereocenters. The largest absolute Gasteiger partial charge is 0.469 e. The third-order valence-corrected chi connectivity index (χ3v) is 3.08. The van der Waals surface area contributed by atoms with E-state index in [4.69, 9.17) is 9.84 Å². The van der Waals surface area contributed by atoms with Gasteiger partial charge in [0.15, 0.2) is 0 Å². The number of carbonyl (C=O) groups is 1. The summed E-state index contributed by atoms with van der Waals surface area (Å²) in [6.45, 7) is 4.36. The maximum absolute atomic E-state index is 11.5. The molecule has 0 radical (unpaired) electrons. The first-order valence-electron chi connectivity index (χ1n) is 5.15. The van der Waals surface area contributed by atoms with Gasteiger partial charge in [0.05, 0.1) is 12.5 Å². The first-order valence-corrected chi connectivity index (χ1v) is 5.15. The molecule has 82 valence electrons. The quantitative estimate of drug-likeness (QED) is 0.687. The van der Waals surface area contributed by atoms with E-state index in [2.05, 4.69) is 13.8 Å². The van der Waals surface area contributed by atoms with E-state index in [1.165, 1.54) is 7.11 Å².